The molecule has 1 N–H and O–H groups in total. The van der Waals surface area contributed by atoms with Gasteiger partial charge in [-0.05, 0) is 18.6 Å². The van der Waals surface area contributed by atoms with Gasteiger partial charge in [-0.1, -0.05) is 31.9 Å². The molecule has 1 aromatic carbocycles. The van der Waals surface area contributed by atoms with Crippen molar-refractivity contribution >= 4 is 17.8 Å². The fourth-order valence-corrected chi connectivity index (χ4v) is 2.89. The van der Waals surface area contributed by atoms with Crippen molar-refractivity contribution in [3.63, 3.8) is 0 Å². The van der Waals surface area contributed by atoms with Crippen LogP contribution in [-0.4, -0.2) is 55.5 Å². The number of para-hydroxylation sites is 1. The molecular formula is C19H26N2O5. The van der Waals surface area contributed by atoms with Crippen LogP contribution >= 0.6 is 0 Å². The zero-order valence-electron chi connectivity index (χ0n) is 15.3. The van der Waals surface area contributed by atoms with Crippen LogP contribution in [0.1, 0.15) is 43.0 Å². The van der Waals surface area contributed by atoms with Gasteiger partial charge in [0.15, 0.2) is 0 Å². The minimum atomic E-state index is -0.875. The van der Waals surface area contributed by atoms with Crippen molar-refractivity contribution in [1.82, 2.24) is 10.2 Å². The molecule has 1 saturated heterocycles. The predicted octanol–water partition coefficient (Wildman–Crippen LogP) is 1.76. The van der Waals surface area contributed by atoms with Crippen LogP contribution in [0.5, 0.6) is 5.75 Å². The number of amides is 2. The molecule has 2 amide bonds. The number of hydrogen-bond acceptors (Lipinski definition) is 5. The summed E-state index contributed by atoms with van der Waals surface area (Å²) in [5.74, 6) is -0.712. The van der Waals surface area contributed by atoms with Gasteiger partial charge in [-0.25, -0.2) is 0 Å². The molecule has 1 heterocycles. The maximum Gasteiger partial charge on any atom is 0.308 e. The van der Waals surface area contributed by atoms with Gasteiger partial charge in [0.2, 0.25) is 5.91 Å². The Bertz CT molecular complexity index is 647. The Balaban J connectivity index is 2.08. The largest absolute Gasteiger partial charge is 0.496 e. The lowest BCUT2D eigenvalue weighted by atomic mass is 10.1. The number of esters is 1. The Morgan fingerprint density at radius 1 is 1.27 bits per heavy atom. The summed E-state index contributed by atoms with van der Waals surface area (Å²) in [6, 6.07) is 5.96. The summed E-state index contributed by atoms with van der Waals surface area (Å²) < 4.78 is 10.4. The fraction of sp³-hybridized carbons (Fsp3) is 0.526. The van der Waals surface area contributed by atoms with Crippen LogP contribution in [0.4, 0.5) is 0 Å². The molecule has 2 rings (SSSR count). The summed E-state index contributed by atoms with van der Waals surface area (Å²) in [5, 5.41) is 2.71. The minimum Gasteiger partial charge on any atom is -0.496 e. The Morgan fingerprint density at radius 2 is 2.04 bits per heavy atom. The van der Waals surface area contributed by atoms with Crippen LogP contribution in [0.2, 0.25) is 0 Å². The number of carbonyl (C=O) groups excluding carboxylic acids is 3. The lowest BCUT2D eigenvalue weighted by molar-refractivity contribution is -0.147. The average Bonchev–Trinajstić information content (AvgIpc) is 2.66. The molecule has 1 fully saturated rings. The maximum absolute atomic E-state index is 12.9. The van der Waals surface area contributed by atoms with Crippen LogP contribution in [0, 0.1) is 0 Å². The minimum absolute atomic E-state index is 0.154. The number of hydrogen-bond donors (Lipinski definition) is 1. The van der Waals surface area contributed by atoms with Crippen molar-refractivity contribution in [1.29, 1.82) is 0 Å². The van der Waals surface area contributed by atoms with Crippen molar-refractivity contribution in [3.05, 3.63) is 29.8 Å². The molecule has 0 spiro atoms. The van der Waals surface area contributed by atoms with E-state index in [-0.39, 0.29) is 18.2 Å². The molecule has 1 aliphatic rings. The zero-order valence-corrected chi connectivity index (χ0v) is 15.3. The molecule has 1 unspecified atom stereocenters. The summed E-state index contributed by atoms with van der Waals surface area (Å²) in [6.45, 7) is 3.08. The number of methoxy groups -OCH3 is 1. The lowest BCUT2D eigenvalue weighted by Crippen LogP contribution is -2.57. The van der Waals surface area contributed by atoms with Gasteiger partial charge in [0.05, 0.1) is 25.7 Å². The van der Waals surface area contributed by atoms with Crippen molar-refractivity contribution < 1.29 is 23.9 Å². The van der Waals surface area contributed by atoms with E-state index in [4.69, 9.17) is 9.47 Å². The summed E-state index contributed by atoms with van der Waals surface area (Å²) >= 11 is 0. The van der Waals surface area contributed by atoms with Gasteiger partial charge in [0.25, 0.3) is 5.91 Å². The van der Waals surface area contributed by atoms with Crippen LogP contribution in [0.15, 0.2) is 24.3 Å². The summed E-state index contributed by atoms with van der Waals surface area (Å²) in [5.41, 5.74) is 0.367. The van der Waals surface area contributed by atoms with Gasteiger partial charge in [-0.3, -0.25) is 14.4 Å². The van der Waals surface area contributed by atoms with E-state index in [0.717, 1.165) is 19.3 Å². The average molecular weight is 362 g/mol. The number of nitrogens with one attached hydrogen (secondary N) is 1. The third-order valence-corrected chi connectivity index (χ3v) is 4.30. The molecule has 0 saturated carbocycles. The number of benzene rings is 1. The number of carbonyl (C=O) groups is 3. The van der Waals surface area contributed by atoms with Crippen molar-refractivity contribution in [3.8, 4) is 5.75 Å². The monoisotopic (exact) mass is 362 g/mol. The van der Waals surface area contributed by atoms with E-state index < -0.39 is 12.0 Å². The second-order valence-corrected chi connectivity index (χ2v) is 6.14. The smallest absolute Gasteiger partial charge is 0.308 e. The SMILES string of the molecule is CCCCCOC(=O)CC1C(=O)NCCN1C(=O)c1ccccc1OC. The Labute approximate surface area is 153 Å². The number of piperazine rings is 1. The Morgan fingerprint density at radius 3 is 2.77 bits per heavy atom. The number of ether oxygens (including phenoxy) is 2. The second kappa shape index (κ2) is 9.79. The number of unbranched alkanes of at least 4 members (excludes halogenated alkanes) is 2. The van der Waals surface area contributed by atoms with E-state index in [1.807, 2.05) is 0 Å². The van der Waals surface area contributed by atoms with Crippen LogP contribution in [0.25, 0.3) is 0 Å². The molecule has 1 aliphatic heterocycles. The first-order valence-electron chi connectivity index (χ1n) is 8.95. The van der Waals surface area contributed by atoms with E-state index in [0.29, 0.717) is 31.0 Å². The van der Waals surface area contributed by atoms with Gasteiger partial charge < -0.3 is 19.7 Å². The van der Waals surface area contributed by atoms with Crippen molar-refractivity contribution in [2.75, 3.05) is 26.8 Å². The fourth-order valence-electron chi connectivity index (χ4n) is 2.89. The number of rotatable bonds is 8. The molecule has 0 bridgehead atoms. The van der Waals surface area contributed by atoms with E-state index in [2.05, 4.69) is 12.2 Å². The van der Waals surface area contributed by atoms with Gasteiger partial charge in [-0.15, -0.1) is 0 Å². The maximum atomic E-state index is 12.9. The molecule has 142 valence electrons. The predicted molar refractivity (Wildman–Crippen MR) is 95.9 cm³/mol. The quantitative estimate of drug-likeness (QED) is 0.563. The first-order valence-corrected chi connectivity index (χ1v) is 8.95. The first kappa shape index (κ1) is 19.8. The van der Waals surface area contributed by atoms with Gasteiger partial charge in [0, 0.05) is 13.1 Å². The van der Waals surface area contributed by atoms with Gasteiger partial charge in [-0.2, -0.15) is 0 Å². The topological polar surface area (TPSA) is 84.9 Å². The van der Waals surface area contributed by atoms with Crippen molar-refractivity contribution in [2.45, 2.75) is 38.6 Å². The van der Waals surface area contributed by atoms with Crippen molar-refractivity contribution in [2.24, 2.45) is 0 Å². The molecule has 1 atom stereocenters. The first-order chi connectivity index (χ1) is 12.6. The second-order valence-electron chi connectivity index (χ2n) is 6.14. The molecule has 0 aromatic heterocycles. The van der Waals surface area contributed by atoms with Gasteiger partial charge in [0.1, 0.15) is 11.8 Å². The standard InChI is InChI=1S/C19H26N2O5/c1-3-4-7-12-26-17(22)13-15-18(23)20-10-11-21(15)19(24)14-8-5-6-9-16(14)25-2/h5-6,8-9,15H,3-4,7,10-13H2,1-2H3,(H,20,23). The van der Waals surface area contributed by atoms with Gasteiger partial charge >= 0.3 is 5.97 Å². The van der Waals surface area contributed by atoms with E-state index >= 15 is 0 Å². The summed E-state index contributed by atoms with van der Waals surface area (Å²) in [4.78, 5) is 38.7. The third kappa shape index (κ3) is 4.97. The third-order valence-electron chi connectivity index (χ3n) is 4.30. The van der Waals surface area contributed by atoms with E-state index in [1.54, 1.807) is 24.3 Å². The number of nitrogens with zero attached hydrogens (tertiary/aromatic N) is 1. The Hall–Kier alpha value is -2.57. The molecule has 7 nitrogen and oxygen atoms in total. The molecule has 7 heteroatoms. The molecule has 26 heavy (non-hydrogen) atoms. The molecule has 0 radical (unpaired) electrons. The molecular weight excluding hydrogens is 336 g/mol. The highest BCUT2D eigenvalue weighted by molar-refractivity contribution is 6.01. The van der Waals surface area contributed by atoms with E-state index in [9.17, 15) is 14.4 Å². The zero-order chi connectivity index (χ0) is 18.9. The molecule has 1 aromatic rings. The lowest BCUT2D eigenvalue weighted by Gasteiger charge is -2.34. The normalized spacial score (nSPS) is 16.8. The van der Waals surface area contributed by atoms with Crippen LogP contribution < -0.4 is 10.1 Å². The Kier molecular flexibility index (Phi) is 7.44. The highest BCUT2D eigenvalue weighted by atomic mass is 16.5. The summed E-state index contributed by atoms with van der Waals surface area (Å²) in [7, 11) is 1.49. The van der Waals surface area contributed by atoms with Crippen LogP contribution in [0.3, 0.4) is 0 Å². The molecule has 0 aliphatic carbocycles. The van der Waals surface area contributed by atoms with Crippen LogP contribution in [-0.2, 0) is 14.3 Å². The highest BCUT2D eigenvalue weighted by Crippen LogP contribution is 2.22. The summed E-state index contributed by atoms with van der Waals surface area (Å²) in [6.07, 6.45) is 2.65. The van der Waals surface area contributed by atoms with E-state index in [1.165, 1.54) is 12.0 Å². The highest BCUT2D eigenvalue weighted by Gasteiger charge is 2.36.